The lowest BCUT2D eigenvalue weighted by Crippen LogP contribution is -2.12. The van der Waals surface area contributed by atoms with Gasteiger partial charge in [-0.05, 0) is 6.42 Å². The number of hydrogen-bond acceptors (Lipinski definition) is 2. The minimum absolute atomic E-state index is 0.0430. The number of rotatable bonds is 7. The summed E-state index contributed by atoms with van der Waals surface area (Å²) in [5.74, 6) is 0.579. The largest absolute Gasteiger partial charge is 0.331 e. The highest BCUT2D eigenvalue weighted by Crippen LogP contribution is 2.06. The number of aromatic amines is 1. The number of carbonyl (C=O) groups excluding carboxylic acids is 1. The molecule has 15 heavy (non-hydrogen) atoms. The molecule has 1 aromatic rings. The van der Waals surface area contributed by atoms with Gasteiger partial charge in [0, 0.05) is 18.8 Å². The standard InChI is InChI=1S/C11H19N3O/c1-2-3-4-5-6-7-10(15)14-11-12-8-9-13-11/h8-9H,2-7H2,1H3,(H2,12,13,14,15). The van der Waals surface area contributed by atoms with Gasteiger partial charge in [-0.25, -0.2) is 4.98 Å². The van der Waals surface area contributed by atoms with E-state index in [9.17, 15) is 4.79 Å². The molecular formula is C11H19N3O. The Morgan fingerprint density at radius 2 is 2.20 bits per heavy atom. The van der Waals surface area contributed by atoms with Gasteiger partial charge in [0.15, 0.2) is 0 Å². The zero-order valence-corrected chi connectivity index (χ0v) is 9.25. The third-order valence-electron chi connectivity index (χ3n) is 2.26. The molecule has 2 N–H and O–H groups in total. The molecule has 1 amide bonds. The highest BCUT2D eigenvalue weighted by atomic mass is 16.1. The smallest absolute Gasteiger partial charge is 0.226 e. The molecule has 1 rings (SSSR count). The van der Waals surface area contributed by atoms with E-state index in [0.717, 1.165) is 12.8 Å². The van der Waals surface area contributed by atoms with E-state index >= 15 is 0 Å². The van der Waals surface area contributed by atoms with Crippen LogP contribution >= 0.6 is 0 Å². The van der Waals surface area contributed by atoms with Gasteiger partial charge in [-0.3, -0.25) is 10.1 Å². The summed E-state index contributed by atoms with van der Waals surface area (Å²) in [6, 6.07) is 0. The van der Waals surface area contributed by atoms with Crippen LogP contribution in [0.1, 0.15) is 45.4 Å². The summed E-state index contributed by atoms with van der Waals surface area (Å²) in [6.07, 6.45) is 9.73. The van der Waals surface area contributed by atoms with E-state index in [1.165, 1.54) is 19.3 Å². The second kappa shape index (κ2) is 7.04. The summed E-state index contributed by atoms with van der Waals surface area (Å²) in [6.45, 7) is 2.18. The molecule has 0 fully saturated rings. The molecule has 0 saturated heterocycles. The lowest BCUT2D eigenvalue weighted by atomic mass is 10.1. The minimum Gasteiger partial charge on any atom is -0.331 e. The third kappa shape index (κ3) is 5.20. The van der Waals surface area contributed by atoms with Crippen molar-refractivity contribution in [3.05, 3.63) is 12.4 Å². The van der Waals surface area contributed by atoms with E-state index in [0.29, 0.717) is 12.4 Å². The quantitative estimate of drug-likeness (QED) is 0.678. The highest BCUT2D eigenvalue weighted by Gasteiger charge is 2.02. The Morgan fingerprint density at radius 3 is 2.87 bits per heavy atom. The molecule has 1 aromatic heterocycles. The molecule has 0 bridgehead atoms. The Balaban J connectivity index is 2.04. The predicted octanol–water partition coefficient (Wildman–Crippen LogP) is 2.71. The van der Waals surface area contributed by atoms with Gasteiger partial charge in [0.1, 0.15) is 0 Å². The Kier molecular flexibility index (Phi) is 5.51. The molecule has 0 aliphatic carbocycles. The summed E-state index contributed by atoms with van der Waals surface area (Å²) in [7, 11) is 0. The van der Waals surface area contributed by atoms with Crippen LogP contribution < -0.4 is 5.32 Å². The monoisotopic (exact) mass is 209 g/mol. The molecule has 0 aliphatic rings. The van der Waals surface area contributed by atoms with Crippen molar-refractivity contribution >= 4 is 11.9 Å². The second-order valence-electron chi connectivity index (χ2n) is 3.65. The molecule has 4 heteroatoms. The van der Waals surface area contributed by atoms with Crippen molar-refractivity contribution in [1.29, 1.82) is 0 Å². The van der Waals surface area contributed by atoms with E-state index in [1.807, 2.05) is 0 Å². The number of unbranched alkanes of at least 4 members (excludes halogenated alkanes) is 4. The molecular weight excluding hydrogens is 190 g/mol. The SMILES string of the molecule is CCCCCCCC(=O)Nc1ncc[nH]1. The van der Waals surface area contributed by atoms with Crippen molar-refractivity contribution in [2.45, 2.75) is 45.4 Å². The van der Waals surface area contributed by atoms with E-state index in [4.69, 9.17) is 0 Å². The van der Waals surface area contributed by atoms with E-state index in [2.05, 4.69) is 22.2 Å². The van der Waals surface area contributed by atoms with Gasteiger partial charge in [-0.2, -0.15) is 0 Å². The van der Waals surface area contributed by atoms with Crippen molar-refractivity contribution in [2.75, 3.05) is 5.32 Å². The molecule has 4 nitrogen and oxygen atoms in total. The number of nitrogens with zero attached hydrogens (tertiary/aromatic N) is 1. The van der Waals surface area contributed by atoms with E-state index in [-0.39, 0.29) is 5.91 Å². The first-order valence-corrected chi connectivity index (χ1v) is 5.62. The van der Waals surface area contributed by atoms with Crippen molar-refractivity contribution in [3.63, 3.8) is 0 Å². The number of anilines is 1. The van der Waals surface area contributed by atoms with Crippen LogP contribution in [0.25, 0.3) is 0 Å². The van der Waals surface area contributed by atoms with Crippen LogP contribution in [0.4, 0.5) is 5.95 Å². The Labute approximate surface area is 90.5 Å². The fourth-order valence-corrected chi connectivity index (χ4v) is 1.42. The molecule has 0 aromatic carbocycles. The van der Waals surface area contributed by atoms with Gasteiger partial charge in [0.2, 0.25) is 11.9 Å². The average Bonchev–Trinajstić information content (AvgIpc) is 2.70. The van der Waals surface area contributed by atoms with Gasteiger partial charge in [0.05, 0.1) is 0 Å². The van der Waals surface area contributed by atoms with Crippen LogP contribution in [0, 0.1) is 0 Å². The lowest BCUT2D eigenvalue weighted by molar-refractivity contribution is -0.116. The summed E-state index contributed by atoms with van der Waals surface area (Å²) >= 11 is 0. The first kappa shape index (κ1) is 11.8. The first-order valence-electron chi connectivity index (χ1n) is 5.62. The molecule has 0 unspecified atom stereocenters. The van der Waals surface area contributed by atoms with Crippen molar-refractivity contribution in [1.82, 2.24) is 9.97 Å². The van der Waals surface area contributed by atoms with E-state index < -0.39 is 0 Å². The van der Waals surface area contributed by atoms with Gasteiger partial charge < -0.3 is 4.98 Å². The van der Waals surface area contributed by atoms with E-state index in [1.54, 1.807) is 12.4 Å². The van der Waals surface area contributed by atoms with Crippen LogP contribution in [-0.4, -0.2) is 15.9 Å². The first-order chi connectivity index (χ1) is 7.33. The lowest BCUT2D eigenvalue weighted by Gasteiger charge is -2.01. The number of amides is 1. The molecule has 84 valence electrons. The molecule has 0 radical (unpaired) electrons. The molecule has 0 atom stereocenters. The van der Waals surface area contributed by atoms with Crippen LogP contribution in [0.5, 0.6) is 0 Å². The molecule has 0 aliphatic heterocycles. The van der Waals surface area contributed by atoms with Crippen molar-refractivity contribution in [2.24, 2.45) is 0 Å². The summed E-state index contributed by atoms with van der Waals surface area (Å²) < 4.78 is 0. The summed E-state index contributed by atoms with van der Waals surface area (Å²) in [4.78, 5) is 18.1. The molecule has 0 spiro atoms. The van der Waals surface area contributed by atoms with Crippen LogP contribution in [0.15, 0.2) is 12.4 Å². The number of carbonyl (C=O) groups is 1. The number of imidazole rings is 1. The Hall–Kier alpha value is -1.32. The third-order valence-corrected chi connectivity index (χ3v) is 2.26. The average molecular weight is 209 g/mol. The minimum atomic E-state index is 0.0430. The van der Waals surface area contributed by atoms with Gasteiger partial charge in [-0.1, -0.05) is 32.6 Å². The number of H-pyrrole nitrogens is 1. The van der Waals surface area contributed by atoms with Crippen molar-refractivity contribution < 1.29 is 4.79 Å². The number of nitrogens with one attached hydrogen (secondary N) is 2. The van der Waals surface area contributed by atoms with Crippen LogP contribution in [0.3, 0.4) is 0 Å². The molecule has 1 heterocycles. The zero-order valence-electron chi connectivity index (χ0n) is 9.25. The van der Waals surface area contributed by atoms with Gasteiger partial charge in [-0.15, -0.1) is 0 Å². The van der Waals surface area contributed by atoms with Gasteiger partial charge >= 0.3 is 0 Å². The maximum Gasteiger partial charge on any atom is 0.226 e. The van der Waals surface area contributed by atoms with Gasteiger partial charge in [0.25, 0.3) is 0 Å². The summed E-state index contributed by atoms with van der Waals surface area (Å²) in [5.41, 5.74) is 0. The summed E-state index contributed by atoms with van der Waals surface area (Å²) in [5, 5.41) is 2.71. The topological polar surface area (TPSA) is 57.8 Å². The fourth-order valence-electron chi connectivity index (χ4n) is 1.42. The fraction of sp³-hybridized carbons (Fsp3) is 0.636. The normalized spacial score (nSPS) is 10.2. The zero-order chi connectivity index (χ0) is 10.9. The maximum absolute atomic E-state index is 11.4. The Bertz CT molecular complexity index is 269. The number of aromatic nitrogens is 2. The number of hydrogen-bond donors (Lipinski definition) is 2. The Morgan fingerprint density at radius 1 is 1.40 bits per heavy atom. The van der Waals surface area contributed by atoms with Crippen LogP contribution in [-0.2, 0) is 4.79 Å². The maximum atomic E-state index is 11.4. The van der Waals surface area contributed by atoms with Crippen LogP contribution in [0.2, 0.25) is 0 Å². The predicted molar refractivity (Wildman–Crippen MR) is 60.6 cm³/mol. The molecule has 0 saturated carbocycles. The van der Waals surface area contributed by atoms with Crippen molar-refractivity contribution in [3.8, 4) is 0 Å². The highest BCUT2D eigenvalue weighted by molar-refractivity contribution is 5.88. The second-order valence-corrected chi connectivity index (χ2v) is 3.65.